The predicted molar refractivity (Wildman–Crippen MR) is 72.4 cm³/mol. The fraction of sp³-hybridized carbons (Fsp3) is 0.400. The molecule has 2 heterocycles. The number of hydrogen-bond acceptors (Lipinski definition) is 4. The predicted octanol–water partition coefficient (Wildman–Crippen LogP) is 2.34. The van der Waals surface area contributed by atoms with E-state index in [2.05, 4.69) is 11.8 Å². The molecule has 0 amide bonds. The van der Waals surface area contributed by atoms with Gasteiger partial charge in [-0.2, -0.15) is 0 Å². The molecule has 1 unspecified atom stereocenters. The van der Waals surface area contributed by atoms with Crippen LogP contribution in [0.15, 0.2) is 34.7 Å². The molecule has 1 aromatic carbocycles. The molecule has 1 atom stereocenters. The molecule has 3 rings (SSSR count). The van der Waals surface area contributed by atoms with Crippen molar-refractivity contribution in [1.82, 2.24) is 4.90 Å². The second-order valence-electron chi connectivity index (χ2n) is 4.77. The van der Waals surface area contributed by atoms with Gasteiger partial charge in [0.2, 0.25) is 5.78 Å². The van der Waals surface area contributed by atoms with Crippen LogP contribution in [0.25, 0.3) is 11.0 Å². The van der Waals surface area contributed by atoms with E-state index in [9.17, 15) is 4.79 Å². The third kappa shape index (κ3) is 2.41. The average molecular weight is 259 g/mol. The Morgan fingerprint density at radius 1 is 1.42 bits per heavy atom. The first kappa shape index (κ1) is 12.4. The number of ether oxygens (including phenoxy) is 1. The summed E-state index contributed by atoms with van der Waals surface area (Å²) in [7, 11) is 0. The van der Waals surface area contributed by atoms with Gasteiger partial charge in [-0.1, -0.05) is 25.1 Å². The molecular weight excluding hydrogens is 242 g/mol. The summed E-state index contributed by atoms with van der Waals surface area (Å²) in [6.07, 6.45) is -0.408. The Labute approximate surface area is 111 Å². The lowest BCUT2D eigenvalue weighted by atomic mass is 10.1. The number of ketones is 1. The lowest BCUT2D eigenvalue weighted by molar-refractivity contribution is -0.0160. The number of nitrogens with zero attached hydrogens (tertiary/aromatic N) is 1. The molecule has 1 aliphatic rings. The molecule has 1 aromatic heterocycles. The third-order valence-corrected chi connectivity index (χ3v) is 3.56. The standard InChI is InChI=1S/C15H17NO3/c1-2-16-7-8-18-14(10-16)15(17)13-9-11-5-3-4-6-12(11)19-13/h3-6,9,14H,2,7-8,10H2,1H3. The highest BCUT2D eigenvalue weighted by molar-refractivity contribution is 6.00. The van der Waals surface area contributed by atoms with E-state index in [1.165, 1.54) is 0 Å². The summed E-state index contributed by atoms with van der Waals surface area (Å²) >= 11 is 0. The number of fused-ring (bicyclic) bond motifs is 1. The van der Waals surface area contributed by atoms with Crippen LogP contribution in [0.1, 0.15) is 17.5 Å². The molecule has 0 aliphatic carbocycles. The first-order valence-corrected chi connectivity index (χ1v) is 6.64. The fourth-order valence-corrected chi connectivity index (χ4v) is 2.41. The zero-order valence-corrected chi connectivity index (χ0v) is 11.0. The highest BCUT2D eigenvalue weighted by Crippen LogP contribution is 2.21. The minimum Gasteiger partial charge on any atom is -0.453 e. The normalized spacial score (nSPS) is 20.8. The van der Waals surface area contributed by atoms with E-state index in [1.54, 1.807) is 6.07 Å². The Balaban J connectivity index is 1.82. The number of Topliss-reactive ketones (excluding diaryl/α,β-unsaturated/α-hetero) is 1. The number of benzene rings is 1. The SMILES string of the molecule is CCN1CCOC(C(=O)c2cc3ccccc3o2)C1. The summed E-state index contributed by atoms with van der Waals surface area (Å²) in [5, 5.41) is 0.953. The number of hydrogen-bond donors (Lipinski definition) is 0. The van der Waals surface area contributed by atoms with Crippen molar-refractivity contribution in [2.45, 2.75) is 13.0 Å². The molecule has 100 valence electrons. The maximum atomic E-state index is 12.4. The smallest absolute Gasteiger partial charge is 0.227 e. The third-order valence-electron chi connectivity index (χ3n) is 3.56. The molecule has 4 heteroatoms. The Kier molecular flexibility index (Phi) is 3.36. The van der Waals surface area contributed by atoms with Crippen LogP contribution in [0, 0.1) is 0 Å². The molecule has 1 aliphatic heterocycles. The van der Waals surface area contributed by atoms with Gasteiger partial charge in [0.1, 0.15) is 11.7 Å². The number of carbonyl (C=O) groups is 1. The first-order chi connectivity index (χ1) is 9.28. The summed E-state index contributed by atoms with van der Waals surface area (Å²) in [6.45, 7) is 5.17. The number of morpholine rings is 1. The van der Waals surface area contributed by atoms with Crippen molar-refractivity contribution in [2.75, 3.05) is 26.2 Å². The van der Waals surface area contributed by atoms with Crippen LogP contribution in [0.5, 0.6) is 0 Å². The number of para-hydroxylation sites is 1. The van der Waals surface area contributed by atoms with Crippen molar-refractivity contribution in [1.29, 1.82) is 0 Å². The summed E-state index contributed by atoms with van der Waals surface area (Å²) in [5.41, 5.74) is 0.744. The molecule has 19 heavy (non-hydrogen) atoms. The Bertz CT molecular complexity index is 557. The van der Waals surface area contributed by atoms with Crippen LogP contribution in [0.3, 0.4) is 0 Å². The van der Waals surface area contributed by atoms with Gasteiger partial charge in [-0.3, -0.25) is 9.69 Å². The average Bonchev–Trinajstić information content (AvgIpc) is 2.90. The lowest BCUT2D eigenvalue weighted by Crippen LogP contribution is -2.45. The van der Waals surface area contributed by atoms with Gasteiger partial charge in [0.15, 0.2) is 5.76 Å². The molecule has 4 nitrogen and oxygen atoms in total. The molecular formula is C15H17NO3. The number of likely N-dealkylation sites (N-methyl/N-ethyl adjacent to an activating group) is 1. The summed E-state index contributed by atoms with van der Waals surface area (Å²) in [5.74, 6) is 0.332. The van der Waals surface area contributed by atoms with E-state index in [-0.39, 0.29) is 5.78 Å². The maximum absolute atomic E-state index is 12.4. The van der Waals surface area contributed by atoms with E-state index in [0.29, 0.717) is 18.9 Å². The van der Waals surface area contributed by atoms with Crippen molar-refractivity contribution < 1.29 is 13.9 Å². The van der Waals surface area contributed by atoms with Crippen molar-refractivity contribution in [3.8, 4) is 0 Å². The zero-order chi connectivity index (χ0) is 13.2. The van der Waals surface area contributed by atoms with Gasteiger partial charge < -0.3 is 9.15 Å². The summed E-state index contributed by atoms with van der Waals surface area (Å²) in [4.78, 5) is 14.6. The second kappa shape index (κ2) is 5.15. The minimum absolute atomic E-state index is 0.0608. The van der Waals surface area contributed by atoms with Crippen LogP contribution in [0.2, 0.25) is 0 Å². The molecule has 2 aromatic rings. The van der Waals surface area contributed by atoms with Crippen LogP contribution >= 0.6 is 0 Å². The molecule has 1 fully saturated rings. The van der Waals surface area contributed by atoms with Gasteiger partial charge in [-0.25, -0.2) is 0 Å². The van der Waals surface area contributed by atoms with Gasteiger partial charge in [0, 0.05) is 18.5 Å². The highest BCUT2D eigenvalue weighted by atomic mass is 16.5. The van der Waals surface area contributed by atoms with Crippen LogP contribution in [-0.4, -0.2) is 43.0 Å². The summed E-state index contributed by atoms with van der Waals surface area (Å²) < 4.78 is 11.2. The van der Waals surface area contributed by atoms with Gasteiger partial charge in [-0.15, -0.1) is 0 Å². The zero-order valence-electron chi connectivity index (χ0n) is 11.0. The Morgan fingerprint density at radius 3 is 3.05 bits per heavy atom. The lowest BCUT2D eigenvalue weighted by Gasteiger charge is -2.30. The van der Waals surface area contributed by atoms with Crippen molar-refractivity contribution in [3.05, 3.63) is 36.1 Å². The second-order valence-corrected chi connectivity index (χ2v) is 4.77. The van der Waals surface area contributed by atoms with Gasteiger partial charge in [0.05, 0.1) is 6.61 Å². The molecule has 0 bridgehead atoms. The fourth-order valence-electron chi connectivity index (χ4n) is 2.41. The quantitative estimate of drug-likeness (QED) is 0.793. The largest absolute Gasteiger partial charge is 0.453 e. The molecule has 0 radical (unpaired) electrons. The van der Waals surface area contributed by atoms with E-state index >= 15 is 0 Å². The van der Waals surface area contributed by atoms with Crippen molar-refractivity contribution in [3.63, 3.8) is 0 Å². The van der Waals surface area contributed by atoms with Crippen LogP contribution < -0.4 is 0 Å². The van der Waals surface area contributed by atoms with Crippen molar-refractivity contribution >= 4 is 16.8 Å². The van der Waals surface area contributed by atoms with Crippen molar-refractivity contribution in [2.24, 2.45) is 0 Å². The summed E-state index contributed by atoms with van der Waals surface area (Å²) in [6, 6.07) is 9.44. The van der Waals surface area contributed by atoms with E-state index in [4.69, 9.17) is 9.15 Å². The Hall–Kier alpha value is -1.65. The minimum atomic E-state index is -0.408. The molecule has 1 saturated heterocycles. The highest BCUT2D eigenvalue weighted by Gasteiger charge is 2.28. The Morgan fingerprint density at radius 2 is 2.26 bits per heavy atom. The van der Waals surface area contributed by atoms with E-state index < -0.39 is 6.10 Å². The number of carbonyl (C=O) groups excluding carboxylic acids is 1. The number of rotatable bonds is 3. The van der Waals surface area contributed by atoms with Crippen LogP contribution in [-0.2, 0) is 4.74 Å². The van der Waals surface area contributed by atoms with Crippen LogP contribution in [0.4, 0.5) is 0 Å². The number of furan rings is 1. The monoisotopic (exact) mass is 259 g/mol. The van der Waals surface area contributed by atoms with Gasteiger partial charge in [0.25, 0.3) is 0 Å². The first-order valence-electron chi connectivity index (χ1n) is 6.64. The maximum Gasteiger partial charge on any atom is 0.227 e. The molecule has 0 N–H and O–H groups in total. The van der Waals surface area contributed by atoms with Gasteiger partial charge in [-0.05, 0) is 18.7 Å². The molecule has 0 saturated carbocycles. The van der Waals surface area contributed by atoms with Gasteiger partial charge >= 0.3 is 0 Å². The van der Waals surface area contributed by atoms with E-state index in [0.717, 1.165) is 24.1 Å². The topological polar surface area (TPSA) is 42.7 Å². The molecule has 0 spiro atoms. The van der Waals surface area contributed by atoms with E-state index in [1.807, 2.05) is 24.3 Å².